The molecular formula is C18H16FN3. The Labute approximate surface area is 128 Å². The predicted octanol–water partition coefficient (Wildman–Crippen LogP) is 4.44. The van der Waals surface area contributed by atoms with E-state index in [1.54, 1.807) is 18.2 Å². The number of aromatic nitrogens is 1. The first kappa shape index (κ1) is 14.2. The molecule has 0 unspecified atom stereocenters. The van der Waals surface area contributed by atoms with Crippen LogP contribution < -0.4 is 5.43 Å². The zero-order valence-corrected chi connectivity index (χ0v) is 12.5. The van der Waals surface area contributed by atoms with Gasteiger partial charge in [-0.2, -0.15) is 5.10 Å². The zero-order valence-electron chi connectivity index (χ0n) is 12.5. The van der Waals surface area contributed by atoms with E-state index < -0.39 is 0 Å². The monoisotopic (exact) mass is 293 g/mol. The van der Waals surface area contributed by atoms with E-state index in [2.05, 4.69) is 15.5 Å². The number of para-hydroxylation sites is 1. The second-order valence-electron chi connectivity index (χ2n) is 5.17. The van der Waals surface area contributed by atoms with Crippen molar-refractivity contribution in [3.8, 4) is 0 Å². The van der Waals surface area contributed by atoms with Gasteiger partial charge >= 0.3 is 0 Å². The number of nitrogens with zero attached hydrogens (tertiary/aromatic N) is 2. The molecule has 2 aromatic carbocycles. The molecule has 0 saturated carbocycles. The molecule has 1 aromatic heterocycles. The van der Waals surface area contributed by atoms with Gasteiger partial charge in [0.25, 0.3) is 0 Å². The Bertz CT molecular complexity index is 856. The number of hydrazone groups is 1. The Kier molecular flexibility index (Phi) is 3.83. The molecule has 110 valence electrons. The lowest BCUT2D eigenvalue weighted by Crippen LogP contribution is -1.96. The van der Waals surface area contributed by atoms with Crippen LogP contribution in [0.2, 0.25) is 0 Å². The van der Waals surface area contributed by atoms with E-state index in [1.165, 1.54) is 12.3 Å². The maximum atomic E-state index is 13.6. The minimum Gasteiger partial charge on any atom is -0.278 e. The molecule has 3 nitrogen and oxygen atoms in total. The molecule has 0 radical (unpaired) electrons. The van der Waals surface area contributed by atoms with Gasteiger partial charge in [-0.1, -0.05) is 36.4 Å². The third-order valence-electron chi connectivity index (χ3n) is 3.46. The molecule has 0 saturated heterocycles. The summed E-state index contributed by atoms with van der Waals surface area (Å²) in [6.45, 7) is 3.97. The van der Waals surface area contributed by atoms with Crippen molar-refractivity contribution in [2.45, 2.75) is 13.8 Å². The van der Waals surface area contributed by atoms with Crippen LogP contribution in [0.4, 0.5) is 10.1 Å². The predicted molar refractivity (Wildman–Crippen MR) is 88.8 cm³/mol. The van der Waals surface area contributed by atoms with Gasteiger partial charge in [-0.3, -0.25) is 10.4 Å². The number of benzene rings is 2. The fourth-order valence-electron chi connectivity index (χ4n) is 2.36. The van der Waals surface area contributed by atoms with Crippen LogP contribution in [0.3, 0.4) is 0 Å². The number of fused-ring (bicyclic) bond motifs is 1. The van der Waals surface area contributed by atoms with Crippen LogP contribution in [-0.4, -0.2) is 11.2 Å². The molecule has 0 aliphatic rings. The van der Waals surface area contributed by atoms with Crippen LogP contribution in [0.1, 0.15) is 16.8 Å². The molecule has 0 fully saturated rings. The Morgan fingerprint density at radius 1 is 1.09 bits per heavy atom. The molecule has 4 heteroatoms. The first-order chi connectivity index (χ1) is 10.6. The molecule has 1 N–H and O–H groups in total. The van der Waals surface area contributed by atoms with Gasteiger partial charge in [0.2, 0.25) is 0 Å². The molecule has 22 heavy (non-hydrogen) atoms. The first-order valence-electron chi connectivity index (χ1n) is 7.06. The number of anilines is 1. The molecule has 0 aliphatic carbocycles. The van der Waals surface area contributed by atoms with Crippen molar-refractivity contribution in [1.29, 1.82) is 0 Å². The third kappa shape index (κ3) is 2.81. The second-order valence-corrected chi connectivity index (χ2v) is 5.17. The molecule has 0 spiro atoms. The van der Waals surface area contributed by atoms with Crippen molar-refractivity contribution in [2.75, 3.05) is 5.43 Å². The van der Waals surface area contributed by atoms with Gasteiger partial charge in [0.1, 0.15) is 5.82 Å². The number of pyridine rings is 1. The van der Waals surface area contributed by atoms with Crippen molar-refractivity contribution < 1.29 is 4.39 Å². The van der Waals surface area contributed by atoms with Crippen LogP contribution >= 0.6 is 0 Å². The first-order valence-corrected chi connectivity index (χ1v) is 7.06. The normalized spacial score (nSPS) is 11.2. The van der Waals surface area contributed by atoms with Gasteiger partial charge in [-0.25, -0.2) is 4.39 Å². The van der Waals surface area contributed by atoms with E-state index >= 15 is 0 Å². The summed E-state index contributed by atoms with van der Waals surface area (Å²) in [6, 6.07) is 14.5. The number of aryl methyl sites for hydroxylation is 2. The van der Waals surface area contributed by atoms with E-state index in [0.29, 0.717) is 5.56 Å². The van der Waals surface area contributed by atoms with Gasteiger partial charge in [0.15, 0.2) is 0 Å². The molecule has 3 rings (SSSR count). The smallest absolute Gasteiger partial charge is 0.132 e. The maximum absolute atomic E-state index is 13.6. The maximum Gasteiger partial charge on any atom is 0.132 e. The standard InChI is InChI=1S/C18H16FN3/c1-12-6-5-8-15-17(10-13(2)21-18(12)15)22-20-11-14-7-3-4-9-16(14)19/h3-11H,1-2H3,(H,21,22)/b20-11+. The molecule has 0 amide bonds. The van der Waals surface area contributed by atoms with Crippen LogP contribution in [0.5, 0.6) is 0 Å². The number of nitrogens with one attached hydrogen (secondary N) is 1. The lowest BCUT2D eigenvalue weighted by atomic mass is 10.1. The van der Waals surface area contributed by atoms with Crippen LogP contribution in [0, 0.1) is 19.7 Å². The van der Waals surface area contributed by atoms with Gasteiger partial charge in [-0.15, -0.1) is 0 Å². The van der Waals surface area contributed by atoms with Crippen LogP contribution in [0.25, 0.3) is 10.9 Å². The van der Waals surface area contributed by atoms with E-state index in [1.807, 2.05) is 38.1 Å². The van der Waals surface area contributed by atoms with Crippen molar-refractivity contribution in [1.82, 2.24) is 4.98 Å². The second kappa shape index (κ2) is 5.93. The highest BCUT2D eigenvalue weighted by molar-refractivity contribution is 5.93. The van der Waals surface area contributed by atoms with Crippen LogP contribution in [-0.2, 0) is 0 Å². The fourth-order valence-corrected chi connectivity index (χ4v) is 2.36. The highest BCUT2D eigenvalue weighted by Gasteiger charge is 2.05. The summed E-state index contributed by atoms with van der Waals surface area (Å²) in [5.74, 6) is -0.292. The number of hydrogen-bond acceptors (Lipinski definition) is 3. The van der Waals surface area contributed by atoms with Gasteiger partial charge in [0.05, 0.1) is 17.4 Å². The van der Waals surface area contributed by atoms with E-state index in [0.717, 1.165) is 27.8 Å². The van der Waals surface area contributed by atoms with Crippen molar-refractivity contribution >= 4 is 22.8 Å². The zero-order chi connectivity index (χ0) is 15.5. The molecular weight excluding hydrogens is 277 g/mol. The van der Waals surface area contributed by atoms with Crippen LogP contribution in [0.15, 0.2) is 53.6 Å². The van der Waals surface area contributed by atoms with E-state index in [9.17, 15) is 4.39 Å². The summed E-state index contributed by atoms with van der Waals surface area (Å²) < 4.78 is 13.6. The lowest BCUT2D eigenvalue weighted by molar-refractivity contribution is 0.626. The lowest BCUT2D eigenvalue weighted by Gasteiger charge is -2.08. The van der Waals surface area contributed by atoms with Crippen molar-refractivity contribution in [3.63, 3.8) is 0 Å². The summed E-state index contributed by atoms with van der Waals surface area (Å²) in [4.78, 5) is 4.56. The fraction of sp³-hybridized carbons (Fsp3) is 0.111. The topological polar surface area (TPSA) is 37.3 Å². The Balaban J connectivity index is 1.94. The Morgan fingerprint density at radius 2 is 1.91 bits per heavy atom. The Morgan fingerprint density at radius 3 is 2.73 bits per heavy atom. The highest BCUT2D eigenvalue weighted by atomic mass is 19.1. The summed E-state index contributed by atoms with van der Waals surface area (Å²) in [6.07, 6.45) is 1.48. The summed E-state index contributed by atoms with van der Waals surface area (Å²) in [7, 11) is 0. The molecule has 0 bridgehead atoms. The summed E-state index contributed by atoms with van der Waals surface area (Å²) >= 11 is 0. The molecule has 3 aromatic rings. The minimum absolute atomic E-state index is 0.292. The molecule has 1 heterocycles. The average molecular weight is 293 g/mol. The largest absolute Gasteiger partial charge is 0.278 e. The average Bonchev–Trinajstić information content (AvgIpc) is 2.50. The van der Waals surface area contributed by atoms with Gasteiger partial charge < -0.3 is 0 Å². The molecule has 0 aliphatic heterocycles. The highest BCUT2D eigenvalue weighted by Crippen LogP contribution is 2.25. The van der Waals surface area contributed by atoms with Gasteiger partial charge in [0, 0.05) is 16.6 Å². The van der Waals surface area contributed by atoms with E-state index in [-0.39, 0.29) is 5.82 Å². The number of hydrogen-bond donors (Lipinski definition) is 1. The minimum atomic E-state index is -0.292. The summed E-state index contributed by atoms with van der Waals surface area (Å²) in [5.41, 5.74) is 7.27. The van der Waals surface area contributed by atoms with Gasteiger partial charge in [-0.05, 0) is 31.5 Å². The quantitative estimate of drug-likeness (QED) is 0.572. The Hall–Kier alpha value is -2.75. The number of rotatable bonds is 3. The third-order valence-corrected chi connectivity index (χ3v) is 3.46. The SMILES string of the molecule is Cc1cc(N/N=C/c2ccccc2F)c2cccc(C)c2n1. The van der Waals surface area contributed by atoms with Crippen molar-refractivity contribution in [2.24, 2.45) is 5.10 Å². The number of halogens is 1. The van der Waals surface area contributed by atoms with E-state index in [4.69, 9.17) is 0 Å². The summed E-state index contributed by atoms with van der Waals surface area (Å²) in [5, 5.41) is 5.15. The van der Waals surface area contributed by atoms with Crippen molar-refractivity contribution in [3.05, 3.63) is 71.2 Å². The molecule has 0 atom stereocenters.